The van der Waals surface area contributed by atoms with E-state index in [9.17, 15) is 0 Å². The fourth-order valence-electron chi connectivity index (χ4n) is 2.52. The summed E-state index contributed by atoms with van der Waals surface area (Å²) >= 11 is 0. The van der Waals surface area contributed by atoms with Gasteiger partial charge < -0.3 is 9.30 Å². The topological polar surface area (TPSA) is 69.0 Å². The molecule has 1 saturated heterocycles. The maximum absolute atomic E-state index is 5.69. The maximum atomic E-state index is 5.69. The lowest BCUT2D eigenvalue weighted by Crippen LogP contribution is -2.35. The van der Waals surface area contributed by atoms with Crippen molar-refractivity contribution >= 4 is 0 Å². The van der Waals surface area contributed by atoms with Crippen LogP contribution in [0, 0.1) is 5.92 Å². The molecule has 0 atom stereocenters. The van der Waals surface area contributed by atoms with Gasteiger partial charge in [-0.05, 0) is 31.8 Å². The van der Waals surface area contributed by atoms with Gasteiger partial charge in [-0.15, -0.1) is 10.2 Å². The number of piperidine rings is 1. The molecule has 1 aliphatic rings. The van der Waals surface area contributed by atoms with Gasteiger partial charge in [0, 0.05) is 19.4 Å². The molecule has 7 heteroatoms. The van der Waals surface area contributed by atoms with Gasteiger partial charge in [0.05, 0.1) is 19.3 Å². The number of likely N-dealkylation sites (tertiary alicyclic amines) is 1. The fourth-order valence-corrected chi connectivity index (χ4v) is 2.52. The minimum Gasteiger partial charge on any atom is -0.476 e. The molecule has 0 N–H and O–H groups in total. The van der Waals surface area contributed by atoms with Gasteiger partial charge in [0.25, 0.3) is 0 Å². The van der Waals surface area contributed by atoms with E-state index in [2.05, 4.69) is 25.1 Å². The number of hydrogen-bond acceptors (Lipinski definition) is 6. The average Bonchev–Trinajstić information content (AvgIpc) is 2.93. The zero-order chi connectivity index (χ0) is 14.5. The van der Waals surface area contributed by atoms with Crippen molar-refractivity contribution in [3.8, 4) is 5.88 Å². The second-order valence-electron chi connectivity index (χ2n) is 5.43. The predicted molar refractivity (Wildman–Crippen MR) is 76.5 cm³/mol. The van der Waals surface area contributed by atoms with Gasteiger partial charge in [0.1, 0.15) is 12.2 Å². The van der Waals surface area contributed by atoms with Crippen LogP contribution in [0.3, 0.4) is 0 Å². The molecular formula is C14H20N6O. The zero-order valence-corrected chi connectivity index (χ0v) is 12.2. The van der Waals surface area contributed by atoms with E-state index in [0.717, 1.165) is 44.9 Å². The van der Waals surface area contributed by atoms with Gasteiger partial charge in [-0.2, -0.15) is 0 Å². The number of aryl methyl sites for hydroxylation is 1. The monoisotopic (exact) mass is 288 g/mol. The number of aromatic nitrogens is 5. The molecule has 3 heterocycles. The summed E-state index contributed by atoms with van der Waals surface area (Å²) < 4.78 is 7.66. The molecule has 0 aromatic carbocycles. The smallest absolute Gasteiger partial charge is 0.232 e. The van der Waals surface area contributed by atoms with Crippen LogP contribution in [-0.2, 0) is 13.6 Å². The summed E-state index contributed by atoms with van der Waals surface area (Å²) in [4.78, 5) is 10.5. The Hall–Kier alpha value is -2.02. The van der Waals surface area contributed by atoms with Crippen molar-refractivity contribution in [2.24, 2.45) is 13.0 Å². The highest BCUT2D eigenvalue weighted by Gasteiger charge is 2.21. The van der Waals surface area contributed by atoms with E-state index >= 15 is 0 Å². The molecule has 0 bridgehead atoms. The Morgan fingerprint density at radius 2 is 2.14 bits per heavy atom. The summed E-state index contributed by atoms with van der Waals surface area (Å²) in [6, 6.07) is 0. The van der Waals surface area contributed by atoms with Crippen LogP contribution >= 0.6 is 0 Å². The standard InChI is InChI=1S/C14H20N6O/c1-19-11-17-18-13(19)9-20-6-2-12(3-7-20)10-21-14-8-15-4-5-16-14/h4-5,8,11-12H,2-3,6-7,9-10H2,1H3. The fraction of sp³-hybridized carbons (Fsp3) is 0.571. The van der Waals surface area contributed by atoms with E-state index in [1.807, 2.05) is 11.6 Å². The highest BCUT2D eigenvalue weighted by Crippen LogP contribution is 2.19. The van der Waals surface area contributed by atoms with Gasteiger partial charge >= 0.3 is 0 Å². The number of rotatable bonds is 5. The Morgan fingerprint density at radius 1 is 1.29 bits per heavy atom. The third-order valence-electron chi connectivity index (χ3n) is 3.88. The lowest BCUT2D eigenvalue weighted by Gasteiger charge is -2.31. The van der Waals surface area contributed by atoms with E-state index in [1.165, 1.54) is 0 Å². The first-order chi connectivity index (χ1) is 10.3. The lowest BCUT2D eigenvalue weighted by atomic mass is 9.98. The molecule has 1 fully saturated rings. The molecule has 0 radical (unpaired) electrons. The SMILES string of the molecule is Cn1cnnc1CN1CCC(COc2cnccn2)CC1. The van der Waals surface area contributed by atoms with E-state index in [0.29, 0.717) is 11.8 Å². The van der Waals surface area contributed by atoms with Crippen LogP contribution in [0.5, 0.6) is 5.88 Å². The average molecular weight is 288 g/mol. The lowest BCUT2D eigenvalue weighted by molar-refractivity contribution is 0.131. The summed E-state index contributed by atoms with van der Waals surface area (Å²) in [6.07, 6.45) is 8.98. The second kappa shape index (κ2) is 6.62. The molecule has 0 unspecified atom stereocenters. The highest BCUT2D eigenvalue weighted by atomic mass is 16.5. The van der Waals surface area contributed by atoms with Crippen molar-refractivity contribution < 1.29 is 4.74 Å². The van der Waals surface area contributed by atoms with Crippen LogP contribution in [-0.4, -0.2) is 49.3 Å². The Bertz CT molecular complexity index is 550. The van der Waals surface area contributed by atoms with Crippen LogP contribution in [0.25, 0.3) is 0 Å². The molecule has 0 amide bonds. The number of nitrogens with zero attached hydrogens (tertiary/aromatic N) is 6. The van der Waals surface area contributed by atoms with Crippen LogP contribution < -0.4 is 4.74 Å². The largest absolute Gasteiger partial charge is 0.476 e. The molecular weight excluding hydrogens is 268 g/mol. The van der Waals surface area contributed by atoms with Crippen molar-refractivity contribution in [2.45, 2.75) is 19.4 Å². The van der Waals surface area contributed by atoms with E-state index < -0.39 is 0 Å². The van der Waals surface area contributed by atoms with Gasteiger partial charge in [0.15, 0.2) is 0 Å². The molecule has 3 rings (SSSR count). The molecule has 112 valence electrons. The Balaban J connectivity index is 1.42. The molecule has 0 saturated carbocycles. The number of hydrogen-bond donors (Lipinski definition) is 0. The third-order valence-corrected chi connectivity index (χ3v) is 3.88. The Morgan fingerprint density at radius 3 is 2.81 bits per heavy atom. The molecule has 0 aliphatic carbocycles. The Kier molecular flexibility index (Phi) is 4.40. The van der Waals surface area contributed by atoms with Crippen LogP contribution in [0.15, 0.2) is 24.9 Å². The van der Waals surface area contributed by atoms with Crippen LogP contribution in [0.4, 0.5) is 0 Å². The predicted octanol–water partition coefficient (Wildman–Crippen LogP) is 0.896. The summed E-state index contributed by atoms with van der Waals surface area (Å²) in [6.45, 7) is 3.73. The molecule has 0 spiro atoms. The summed E-state index contributed by atoms with van der Waals surface area (Å²) in [5.74, 6) is 2.21. The second-order valence-corrected chi connectivity index (χ2v) is 5.43. The third kappa shape index (κ3) is 3.75. The first kappa shape index (κ1) is 13.9. The first-order valence-corrected chi connectivity index (χ1v) is 7.25. The van der Waals surface area contributed by atoms with Crippen molar-refractivity contribution in [1.29, 1.82) is 0 Å². The van der Waals surface area contributed by atoms with Gasteiger partial charge in [0.2, 0.25) is 5.88 Å². The quantitative estimate of drug-likeness (QED) is 0.814. The van der Waals surface area contributed by atoms with Gasteiger partial charge in [-0.3, -0.25) is 9.88 Å². The molecule has 7 nitrogen and oxygen atoms in total. The van der Waals surface area contributed by atoms with Crippen molar-refractivity contribution in [2.75, 3.05) is 19.7 Å². The first-order valence-electron chi connectivity index (χ1n) is 7.25. The molecule has 2 aromatic heterocycles. The van der Waals surface area contributed by atoms with E-state index in [1.54, 1.807) is 24.9 Å². The Labute approximate surface area is 124 Å². The summed E-state index contributed by atoms with van der Waals surface area (Å²) in [5, 5.41) is 8.05. The number of ether oxygens (including phenoxy) is 1. The zero-order valence-electron chi connectivity index (χ0n) is 12.2. The molecule has 21 heavy (non-hydrogen) atoms. The van der Waals surface area contributed by atoms with Crippen molar-refractivity contribution in [3.05, 3.63) is 30.7 Å². The van der Waals surface area contributed by atoms with E-state index in [4.69, 9.17) is 4.74 Å². The normalized spacial score (nSPS) is 17.0. The minimum atomic E-state index is 0.586. The van der Waals surface area contributed by atoms with Gasteiger partial charge in [-0.25, -0.2) is 4.98 Å². The van der Waals surface area contributed by atoms with Gasteiger partial charge in [-0.1, -0.05) is 0 Å². The van der Waals surface area contributed by atoms with Crippen LogP contribution in [0.1, 0.15) is 18.7 Å². The molecule has 1 aliphatic heterocycles. The van der Waals surface area contributed by atoms with Crippen molar-refractivity contribution in [1.82, 2.24) is 29.6 Å². The minimum absolute atomic E-state index is 0.586. The summed E-state index contributed by atoms with van der Waals surface area (Å²) in [7, 11) is 1.98. The highest BCUT2D eigenvalue weighted by molar-refractivity contribution is 5.01. The molecule has 2 aromatic rings. The summed E-state index contributed by atoms with van der Waals surface area (Å²) in [5.41, 5.74) is 0. The van der Waals surface area contributed by atoms with Crippen LogP contribution in [0.2, 0.25) is 0 Å². The van der Waals surface area contributed by atoms with E-state index in [-0.39, 0.29) is 0 Å². The maximum Gasteiger partial charge on any atom is 0.232 e. The van der Waals surface area contributed by atoms with Crippen molar-refractivity contribution in [3.63, 3.8) is 0 Å².